The van der Waals surface area contributed by atoms with Gasteiger partial charge in [-0.2, -0.15) is 5.10 Å². The summed E-state index contributed by atoms with van der Waals surface area (Å²) in [5.74, 6) is 0. The van der Waals surface area contributed by atoms with E-state index in [2.05, 4.69) is 5.10 Å². The number of aldehydes is 1. The van der Waals surface area contributed by atoms with Crippen LogP contribution in [0.1, 0.15) is 11.3 Å². The highest BCUT2D eigenvalue weighted by Gasteiger charge is 2.10. The Bertz CT molecular complexity index is 558. The van der Waals surface area contributed by atoms with Gasteiger partial charge in [-0.05, 0) is 25.1 Å². The number of allylic oxidation sites excluding steroid dienone is 1. The minimum Gasteiger partial charge on any atom is -0.299 e. The van der Waals surface area contributed by atoms with Crippen molar-refractivity contribution in [1.29, 1.82) is 0 Å². The second-order valence-electron chi connectivity index (χ2n) is 3.54. The number of hydrogen-bond acceptors (Lipinski definition) is 2. The van der Waals surface area contributed by atoms with Gasteiger partial charge in [0.25, 0.3) is 0 Å². The minimum absolute atomic E-state index is 0.402. The standard InChI is InChI=1S/C13H11ClN2O/c1-10-12(13(14)7-8-17)9-15-16(10)11-5-3-2-4-6-11/h2-9H,1H3. The summed E-state index contributed by atoms with van der Waals surface area (Å²) in [5.41, 5.74) is 2.63. The highest BCUT2D eigenvalue weighted by atomic mass is 35.5. The third-order valence-corrected chi connectivity index (χ3v) is 2.81. The van der Waals surface area contributed by atoms with E-state index < -0.39 is 0 Å². The monoisotopic (exact) mass is 246 g/mol. The maximum atomic E-state index is 10.4. The lowest BCUT2D eigenvalue weighted by Gasteiger charge is -2.04. The lowest BCUT2D eigenvalue weighted by atomic mass is 10.2. The molecule has 0 aliphatic rings. The van der Waals surface area contributed by atoms with E-state index >= 15 is 0 Å². The van der Waals surface area contributed by atoms with E-state index in [4.69, 9.17) is 11.6 Å². The summed E-state index contributed by atoms with van der Waals surface area (Å²) in [4.78, 5) is 10.4. The predicted octanol–water partition coefficient (Wildman–Crippen LogP) is 2.96. The predicted molar refractivity (Wildman–Crippen MR) is 68.2 cm³/mol. The summed E-state index contributed by atoms with van der Waals surface area (Å²) in [6.45, 7) is 1.91. The van der Waals surface area contributed by atoms with Crippen molar-refractivity contribution in [3.05, 3.63) is 53.9 Å². The first-order valence-electron chi connectivity index (χ1n) is 5.15. The van der Waals surface area contributed by atoms with Crippen molar-refractivity contribution in [3.63, 3.8) is 0 Å². The van der Waals surface area contributed by atoms with Crippen LogP contribution in [0.3, 0.4) is 0 Å². The Hall–Kier alpha value is -1.87. The smallest absolute Gasteiger partial charge is 0.144 e. The molecule has 1 aromatic carbocycles. The van der Waals surface area contributed by atoms with Gasteiger partial charge in [0.05, 0.1) is 16.9 Å². The van der Waals surface area contributed by atoms with Crippen LogP contribution < -0.4 is 0 Å². The summed E-state index contributed by atoms with van der Waals surface area (Å²) < 4.78 is 1.79. The number of nitrogens with zero attached hydrogens (tertiary/aromatic N) is 2. The first kappa shape index (κ1) is 11.6. The third kappa shape index (κ3) is 2.29. The molecule has 2 aromatic rings. The average molecular weight is 247 g/mol. The molecule has 86 valence electrons. The van der Waals surface area contributed by atoms with Crippen molar-refractivity contribution in [2.45, 2.75) is 6.92 Å². The molecule has 0 radical (unpaired) electrons. The van der Waals surface area contributed by atoms with Crippen LogP contribution in [-0.2, 0) is 4.79 Å². The van der Waals surface area contributed by atoms with Gasteiger partial charge in [0.1, 0.15) is 6.29 Å². The average Bonchev–Trinajstić information content (AvgIpc) is 2.72. The van der Waals surface area contributed by atoms with Gasteiger partial charge < -0.3 is 0 Å². The van der Waals surface area contributed by atoms with Crippen molar-refractivity contribution in [2.24, 2.45) is 0 Å². The molecule has 4 heteroatoms. The van der Waals surface area contributed by atoms with Crippen LogP contribution in [0.5, 0.6) is 0 Å². The highest BCUT2D eigenvalue weighted by Crippen LogP contribution is 2.23. The number of aromatic nitrogens is 2. The molecule has 0 saturated carbocycles. The number of rotatable bonds is 3. The number of carbonyl (C=O) groups excluding carboxylic acids is 1. The second kappa shape index (κ2) is 4.97. The van der Waals surface area contributed by atoms with Crippen molar-refractivity contribution in [1.82, 2.24) is 9.78 Å². The van der Waals surface area contributed by atoms with E-state index in [1.807, 2.05) is 37.3 Å². The lowest BCUT2D eigenvalue weighted by molar-refractivity contribution is -0.104. The molecule has 0 amide bonds. The molecule has 0 N–H and O–H groups in total. The fraction of sp³-hybridized carbons (Fsp3) is 0.0769. The van der Waals surface area contributed by atoms with E-state index in [9.17, 15) is 4.79 Å². The van der Waals surface area contributed by atoms with Gasteiger partial charge in [0.15, 0.2) is 0 Å². The SMILES string of the molecule is Cc1c(C(Cl)=CC=O)cnn1-c1ccccc1. The molecular weight excluding hydrogens is 236 g/mol. The Morgan fingerprint density at radius 1 is 1.35 bits per heavy atom. The van der Waals surface area contributed by atoms with Gasteiger partial charge in [-0.15, -0.1) is 0 Å². The Labute approximate surface area is 104 Å². The molecule has 0 aliphatic carbocycles. The van der Waals surface area contributed by atoms with Crippen molar-refractivity contribution < 1.29 is 4.79 Å². The number of halogens is 1. The largest absolute Gasteiger partial charge is 0.299 e. The topological polar surface area (TPSA) is 34.9 Å². The zero-order chi connectivity index (χ0) is 12.3. The number of carbonyl (C=O) groups is 1. The molecule has 0 atom stereocenters. The summed E-state index contributed by atoms with van der Waals surface area (Å²) in [6, 6.07) is 9.75. The Balaban J connectivity index is 2.47. The first-order chi connectivity index (χ1) is 8.24. The third-order valence-electron chi connectivity index (χ3n) is 2.48. The van der Waals surface area contributed by atoms with Crippen LogP contribution in [0.4, 0.5) is 0 Å². The van der Waals surface area contributed by atoms with E-state index in [-0.39, 0.29) is 0 Å². The molecule has 0 aliphatic heterocycles. The van der Waals surface area contributed by atoms with Crippen molar-refractivity contribution in [2.75, 3.05) is 0 Å². The number of hydrogen-bond donors (Lipinski definition) is 0. The van der Waals surface area contributed by atoms with Crippen LogP contribution in [0.15, 0.2) is 42.6 Å². The van der Waals surface area contributed by atoms with Gasteiger partial charge in [0.2, 0.25) is 0 Å². The van der Waals surface area contributed by atoms with Gasteiger partial charge >= 0.3 is 0 Å². The van der Waals surface area contributed by atoms with E-state index in [0.717, 1.165) is 16.9 Å². The summed E-state index contributed by atoms with van der Waals surface area (Å²) in [5, 5.41) is 4.67. The second-order valence-corrected chi connectivity index (χ2v) is 3.95. The molecular formula is C13H11ClN2O. The maximum absolute atomic E-state index is 10.4. The van der Waals surface area contributed by atoms with Gasteiger partial charge in [0, 0.05) is 11.3 Å². The van der Waals surface area contributed by atoms with E-state index in [0.29, 0.717) is 11.3 Å². The molecule has 0 bridgehead atoms. The molecule has 0 spiro atoms. The molecule has 0 saturated heterocycles. The summed E-state index contributed by atoms with van der Waals surface area (Å²) >= 11 is 5.99. The molecule has 1 aromatic heterocycles. The fourth-order valence-electron chi connectivity index (χ4n) is 1.62. The molecule has 17 heavy (non-hydrogen) atoms. The Morgan fingerprint density at radius 2 is 2.06 bits per heavy atom. The Kier molecular flexibility index (Phi) is 3.40. The highest BCUT2D eigenvalue weighted by molar-refractivity contribution is 6.49. The van der Waals surface area contributed by atoms with E-state index in [1.54, 1.807) is 10.9 Å². The van der Waals surface area contributed by atoms with Gasteiger partial charge in [-0.3, -0.25) is 4.79 Å². The van der Waals surface area contributed by atoms with Crippen LogP contribution in [-0.4, -0.2) is 16.1 Å². The van der Waals surface area contributed by atoms with Gasteiger partial charge in [-0.1, -0.05) is 29.8 Å². The maximum Gasteiger partial charge on any atom is 0.144 e. The number of para-hydroxylation sites is 1. The van der Waals surface area contributed by atoms with E-state index in [1.165, 1.54) is 6.08 Å². The lowest BCUT2D eigenvalue weighted by Crippen LogP contribution is -1.98. The first-order valence-corrected chi connectivity index (χ1v) is 5.53. The minimum atomic E-state index is 0.402. The number of benzene rings is 1. The molecule has 0 fully saturated rings. The zero-order valence-electron chi connectivity index (χ0n) is 9.30. The normalized spacial score (nSPS) is 11.5. The van der Waals surface area contributed by atoms with Gasteiger partial charge in [-0.25, -0.2) is 4.68 Å². The Morgan fingerprint density at radius 3 is 2.71 bits per heavy atom. The summed E-state index contributed by atoms with van der Waals surface area (Å²) in [7, 11) is 0. The van der Waals surface area contributed by atoms with Crippen LogP contribution >= 0.6 is 11.6 Å². The van der Waals surface area contributed by atoms with Crippen LogP contribution in [0, 0.1) is 6.92 Å². The molecule has 1 heterocycles. The zero-order valence-corrected chi connectivity index (χ0v) is 10.1. The van der Waals surface area contributed by atoms with Crippen molar-refractivity contribution >= 4 is 22.9 Å². The van der Waals surface area contributed by atoms with Crippen LogP contribution in [0.25, 0.3) is 10.7 Å². The molecule has 3 nitrogen and oxygen atoms in total. The fourth-order valence-corrected chi connectivity index (χ4v) is 1.86. The van der Waals surface area contributed by atoms with Crippen molar-refractivity contribution in [3.8, 4) is 5.69 Å². The summed E-state index contributed by atoms with van der Waals surface area (Å²) in [6.07, 6.45) is 3.65. The molecule has 2 rings (SSSR count). The molecule has 0 unspecified atom stereocenters. The quantitative estimate of drug-likeness (QED) is 0.617. The van der Waals surface area contributed by atoms with Crippen LogP contribution in [0.2, 0.25) is 0 Å².